The lowest BCUT2D eigenvalue weighted by Gasteiger charge is -2.35. The first-order valence-corrected chi connectivity index (χ1v) is 13.7. The Labute approximate surface area is 201 Å². The summed E-state index contributed by atoms with van der Waals surface area (Å²) < 4.78 is 41.2. The molecule has 2 bridgehead atoms. The van der Waals surface area contributed by atoms with E-state index in [1.165, 1.54) is 48.2 Å². The standard InChI is InChI=1S/C26H32FN3O3S/c1-18(25-16-19-5-6-20(25)15-19)28-26(31)21-3-2-4-24(17-21)34(32,33)30-13-11-29(12-14-30)23-9-7-22(27)8-10-23/h2-4,7-10,17-20,25H,5-6,11-16H2,1H3,(H,28,31)/t18-,19+,20+,25+/m0/s1. The summed E-state index contributed by atoms with van der Waals surface area (Å²) in [4.78, 5) is 15.1. The summed E-state index contributed by atoms with van der Waals surface area (Å²) in [6.45, 7) is 3.78. The summed E-state index contributed by atoms with van der Waals surface area (Å²) in [5.41, 5.74) is 1.25. The van der Waals surface area contributed by atoms with Gasteiger partial charge in [-0.05, 0) is 86.4 Å². The first-order chi connectivity index (χ1) is 16.3. The molecule has 0 spiro atoms. The number of hydrogen-bond acceptors (Lipinski definition) is 4. The smallest absolute Gasteiger partial charge is 0.251 e. The average Bonchev–Trinajstić information content (AvgIpc) is 3.49. The second kappa shape index (κ2) is 9.30. The van der Waals surface area contributed by atoms with Gasteiger partial charge in [0.2, 0.25) is 10.0 Å². The van der Waals surface area contributed by atoms with Gasteiger partial charge in [0, 0.05) is 43.5 Å². The number of nitrogens with zero attached hydrogens (tertiary/aromatic N) is 2. The third-order valence-electron chi connectivity index (χ3n) is 7.96. The Morgan fingerprint density at radius 2 is 1.76 bits per heavy atom. The van der Waals surface area contributed by atoms with Gasteiger partial charge in [-0.3, -0.25) is 4.79 Å². The number of amides is 1. The number of carbonyl (C=O) groups is 1. The van der Waals surface area contributed by atoms with Crippen molar-refractivity contribution >= 4 is 21.6 Å². The maximum absolute atomic E-state index is 13.3. The SMILES string of the molecule is C[C@H](NC(=O)c1cccc(S(=O)(=O)N2CCN(c3ccc(F)cc3)CC2)c1)[C@H]1C[C@@H]2CC[C@@H]1C2. The van der Waals surface area contributed by atoms with E-state index >= 15 is 0 Å². The molecule has 34 heavy (non-hydrogen) atoms. The molecule has 3 aliphatic rings. The minimum absolute atomic E-state index is 0.0857. The van der Waals surface area contributed by atoms with Crippen molar-refractivity contribution in [1.29, 1.82) is 0 Å². The van der Waals surface area contributed by atoms with Gasteiger partial charge in [-0.2, -0.15) is 4.31 Å². The summed E-state index contributed by atoms with van der Waals surface area (Å²) in [6.07, 6.45) is 5.05. The Balaban J connectivity index is 1.23. The summed E-state index contributed by atoms with van der Waals surface area (Å²) in [5, 5.41) is 3.13. The van der Waals surface area contributed by atoms with E-state index in [2.05, 4.69) is 12.2 Å². The van der Waals surface area contributed by atoms with Gasteiger partial charge in [0.1, 0.15) is 5.82 Å². The van der Waals surface area contributed by atoms with Crippen LogP contribution in [0.1, 0.15) is 43.0 Å². The summed E-state index contributed by atoms with van der Waals surface area (Å²) in [6, 6.07) is 12.7. The molecule has 1 aliphatic heterocycles. The molecule has 2 aromatic carbocycles. The molecule has 2 saturated carbocycles. The maximum Gasteiger partial charge on any atom is 0.251 e. The number of piperazine rings is 1. The van der Waals surface area contributed by atoms with Crippen molar-refractivity contribution in [3.05, 3.63) is 59.9 Å². The van der Waals surface area contributed by atoms with E-state index in [4.69, 9.17) is 0 Å². The van der Waals surface area contributed by atoms with Crippen LogP contribution in [0.15, 0.2) is 53.4 Å². The van der Waals surface area contributed by atoms with Crippen molar-refractivity contribution in [1.82, 2.24) is 9.62 Å². The second-order valence-corrected chi connectivity index (χ2v) is 11.9. The Bertz CT molecular complexity index is 1150. The highest BCUT2D eigenvalue weighted by molar-refractivity contribution is 7.89. The van der Waals surface area contributed by atoms with Crippen LogP contribution in [0.2, 0.25) is 0 Å². The molecule has 1 N–H and O–H groups in total. The molecule has 0 unspecified atom stereocenters. The number of sulfonamides is 1. The van der Waals surface area contributed by atoms with Crippen LogP contribution in [0.4, 0.5) is 10.1 Å². The van der Waals surface area contributed by atoms with E-state index < -0.39 is 10.0 Å². The highest BCUT2D eigenvalue weighted by Crippen LogP contribution is 2.49. The normalized spacial score (nSPS) is 25.9. The predicted molar refractivity (Wildman–Crippen MR) is 130 cm³/mol. The van der Waals surface area contributed by atoms with Gasteiger partial charge in [0.25, 0.3) is 5.91 Å². The van der Waals surface area contributed by atoms with Crippen LogP contribution in [-0.2, 0) is 10.0 Å². The molecule has 4 atom stereocenters. The van der Waals surface area contributed by atoms with Gasteiger partial charge in [-0.1, -0.05) is 12.5 Å². The highest BCUT2D eigenvalue weighted by Gasteiger charge is 2.42. The molecular weight excluding hydrogens is 453 g/mol. The average molecular weight is 486 g/mol. The van der Waals surface area contributed by atoms with Crippen LogP contribution < -0.4 is 10.2 Å². The van der Waals surface area contributed by atoms with Crippen LogP contribution in [0, 0.1) is 23.6 Å². The Hall–Kier alpha value is -2.45. The van der Waals surface area contributed by atoms with Crippen LogP contribution in [0.5, 0.6) is 0 Å². The molecule has 182 valence electrons. The quantitative estimate of drug-likeness (QED) is 0.674. The van der Waals surface area contributed by atoms with Crippen LogP contribution in [0.3, 0.4) is 0 Å². The highest BCUT2D eigenvalue weighted by atomic mass is 32.2. The molecule has 0 radical (unpaired) electrons. The van der Waals surface area contributed by atoms with Gasteiger partial charge in [0.15, 0.2) is 0 Å². The van der Waals surface area contributed by atoms with E-state index in [0.29, 0.717) is 43.6 Å². The van der Waals surface area contributed by atoms with Crippen LogP contribution in [-0.4, -0.2) is 50.9 Å². The van der Waals surface area contributed by atoms with E-state index in [1.54, 1.807) is 30.3 Å². The number of fused-ring (bicyclic) bond motifs is 2. The maximum atomic E-state index is 13.3. The molecule has 0 aromatic heterocycles. The van der Waals surface area contributed by atoms with Crippen molar-refractivity contribution in [3.63, 3.8) is 0 Å². The third-order valence-corrected chi connectivity index (χ3v) is 9.85. The number of nitrogens with one attached hydrogen (secondary N) is 1. The first-order valence-electron chi connectivity index (χ1n) is 12.2. The Morgan fingerprint density at radius 1 is 1.03 bits per heavy atom. The summed E-state index contributed by atoms with van der Waals surface area (Å²) in [5.74, 6) is 1.53. The minimum atomic E-state index is -3.71. The molecule has 1 heterocycles. The van der Waals surface area contributed by atoms with Gasteiger partial charge in [0.05, 0.1) is 4.90 Å². The minimum Gasteiger partial charge on any atom is -0.369 e. The topological polar surface area (TPSA) is 69.7 Å². The monoisotopic (exact) mass is 485 g/mol. The predicted octanol–water partition coefficient (Wildman–Crippen LogP) is 3.89. The molecule has 8 heteroatoms. The van der Waals surface area contributed by atoms with E-state index in [0.717, 1.165) is 11.6 Å². The lowest BCUT2D eigenvalue weighted by Crippen LogP contribution is -2.48. The molecule has 3 fully saturated rings. The van der Waals surface area contributed by atoms with Crippen LogP contribution in [0.25, 0.3) is 0 Å². The fourth-order valence-corrected chi connectivity index (χ4v) is 7.56. The molecule has 1 amide bonds. The van der Waals surface area contributed by atoms with E-state index in [1.807, 2.05) is 4.90 Å². The van der Waals surface area contributed by atoms with Gasteiger partial charge >= 0.3 is 0 Å². The zero-order valence-corrected chi connectivity index (χ0v) is 20.3. The molecule has 6 nitrogen and oxygen atoms in total. The number of halogens is 1. The lowest BCUT2D eigenvalue weighted by atomic mass is 9.84. The molecular formula is C26H32FN3O3S. The fourth-order valence-electron chi connectivity index (χ4n) is 6.09. The molecule has 2 aliphatic carbocycles. The number of benzene rings is 2. The fraction of sp³-hybridized carbons (Fsp3) is 0.500. The zero-order valence-electron chi connectivity index (χ0n) is 19.5. The Kier molecular flexibility index (Phi) is 6.37. The van der Waals surface area contributed by atoms with Gasteiger partial charge in [-0.25, -0.2) is 12.8 Å². The van der Waals surface area contributed by atoms with E-state index in [-0.39, 0.29) is 22.7 Å². The first kappa shape index (κ1) is 23.3. The zero-order chi connectivity index (χ0) is 23.9. The lowest BCUT2D eigenvalue weighted by molar-refractivity contribution is 0.0915. The van der Waals surface area contributed by atoms with Gasteiger partial charge in [-0.15, -0.1) is 0 Å². The van der Waals surface area contributed by atoms with Crippen molar-refractivity contribution in [2.75, 3.05) is 31.1 Å². The second-order valence-electron chi connectivity index (χ2n) is 10.00. The van der Waals surface area contributed by atoms with Crippen molar-refractivity contribution in [2.45, 2.75) is 43.5 Å². The molecule has 5 rings (SSSR count). The number of rotatable bonds is 6. The summed E-state index contributed by atoms with van der Waals surface area (Å²) >= 11 is 0. The van der Waals surface area contributed by atoms with Crippen LogP contribution >= 0.6 is 0 Å². The van der Waals surface area contributed by atoms with Crippen molar-refractivity contribution < 1.29 is 17.6 Å². The number of anilines is 1. The summed E-state index contributed by atoms with van der Waals surface area (Å²) in [7, 11) is -3.71. The van der Waals surface area contributed by atoms with Gasteiger partial charge < -0.3 is 10.2 Å². The van der Waals surface area contributed by atoms with Crippen molar-refractivity contribution in [3.8, 4) is 0 Å². The number of hydrogen-bond donors (Lipinski definition) is 1. The number of carbonyl (C=O) groups excluding carboxylic acids is 1. The Morgan fingerprint density at radius 3 is 2.41 bits per heavy atom. The molecule has 1 saturated heterocycles. The molecule has 2 aromatic rings. The van der Waals surface area contributed by atoms with Crippen molar-refractivity contribution in [2.24, 2.45) is 17.8 Å². The largest absolute Gasteiger partial charge is 0.369 e. The van der Waals surface area contributed by atoms with E-state index in [9.17, 15) is 17.6 Å². The third kappa shape index (κ3) is 4.58.